The molecule has 246 valence electrons. The van der Waals surface area contributed by atoms with E-state index in [0.29, 0.717) is 37.4 Å². The summed E-state index contributed by atoms with van der Waals surface area (Å²) in [6.45, 7) is 6.40. The third-order valence-corrected chi connectivity index (χ3v) is 10.8. The normalized spacial score (nSPS) is 18.7. The van der Waals surface area contributed by atoms with Gasteiger partial charge in [0.1, 0.15) is 5.82 Å². The fourth-order valence-electron chi connectivity index (χ4n) is 6.16. The lowest BCUT2D eigenvalue weighted by Crippen LogP contribution is -2.46. The Kier molecular flexibility index (Phi) is 9.58. The molecule has 1 aromatic heterocycles. The number of likely N-dealkylation sites (tertiary alicyclic amines) is 1. The van der Waals surface area contributed by atoms with Gasteiger partial charge in [0.25, 0.3) is 5.91 Å². The van der Waals surface area contributed by atoms with E-state index in [9.17, 15) is 18.0 Å². The van der Waals surface area contributed by atoms with Crippen molar-refractivity contribution >= 4 is 27.3 Å². The first-order chi connectivity index (χ1) is 22.6. The van der Waals surface area contributed by atoms with Gasteiger partial charge in [-0.15, -0.1) is 0 Å². The summed E-state index contributed by atoms with van der Waals surface area (Å²) in [6.07, 6.45) is 3.60. The number of H-pyrrole nitrogens is 1. The van der Waals surface area contributed by atoms with Crippen LogP contribution in [0.5, 0.6) is 0 Å². The highest BCUT2D eigenvalue weighted by atomic mass is 32.2. The van der Waals surface area contributed by atoms with Crippen LogP contribution >= 0.6 is 0 Å². The van der Waals surface area contributed by atoms with Gasteiger partial charge in [-0.1, -0.05) is 62.4 Å². The molecular weight excluding hydrogens is 613 g/mol. The van der Waals surface area contributed by atoms with Gasteiger partial charge in [-0.2, -0.15) is 0 Å². The molecule has 4 N–H and O–H groups in total. The number of nitrogens with zero attached hydrogens (tertiary/aromatic N) is 3. The number of aromatic nitrogens is 2. The minimum absolute atomic E-state index is 0.0190. The Labute approximate surface area is 276 Å². The Morgan fingerprint density at radius 1 is 0.915 bits per heavy atom. The van der Waals surface area contributed by atoms with Gasteiger partial charge in [-0.25, -0.2) is 13.4 Å². The topological polar surface area (TPSA) is 141 Å². The van der Waals surface area contributed by atoms with Gasteiger partial charge in [-0.3, -0.25) is 14.5 Å². The van der Waals surface area contributed by atoms with E-state index in [-0.39, 0.29) is 35.3 Å². The lowest BCUT2D eigenvalue weighted by molar-refractivity contribution is -0.134. The van der Waals surface area contributed by atoms with E-state index in [4.69, 9.17) is 5.73 Å². The van der Waals surface area contributed by atoms with Crippen molar-refractivity contribution in [3.05, 3.63) is 95.9 Å². The SMILES string of the molecule is CC(C)[C@H](N)C(=O)N1CCC[C@H]1c1ncc(-c2ccc(-c3ccc(C(=O)Nc4ccc(CN5CCS(=O)(=O)CC5)cc4)cc3)cc2)[nH]1. The molecular formula is C36H42N6O4S. The van der Waals surface area contributed by atoms with E-state index in [1.807, 2.05) is 97.7 Å². The van der Waals surface area contributed by atoms with E-state index in [2.05, 4.69) is 20.2 Å². The van der Waals surface area contributed by atoms with Crippen molar-refractivity contribution in [1.82, 2.24) is 19.8 Å². The predicted molar refractivity (Wildman–Crippen MR) is 184 cm³/mol. The van der Waals surface area contributed by atoms with Crippen LogP contribution in [0, 0.1) is 5.92 Å². The number of nitrogens with one attached hydrogen (secondary N) is 2. The average molecular weight is 655 g/mol. The van der Waals surface area contributed by atoms with Crippen LogP contribution in [0.2, 0.25) is 0 Å². The second kappa shape index (κ2) is 13.8. The third-order valence-electron chi connectivity index (χ3n) is 9.18. The number of sulfone groups is 1. The molecule has 10 nitrogen and oxygen atoms in total. The zero-order valence-corrected chi connectivity index (χ0v) is 27.7. The van der Waals surface area contributed by atoms with Crippen molar-refractivity contribution in [3.8, 4) is 22.4 Å². The molecule has 0 radical (unpaired) electrons. The molecule has 3 heterocycles. The number of carbonyl (C=O) groups is 2. The lowest BCUT2D eigenvalue weighted by atomic mass is 10.0. The number of carbonyl (C=O) groups excluding carboxylic acids is 2. The number of aromatic amines is 1. The highest BCUT2D eigenvalue weighted by Gasteiger charge is 2.35. The molecule has 11 heteroatoms. The van der Waals surface area contributed by atoms with Crippen LogP contribution in [0.3, 0.4) is 0 Å². The summed E-state index contributed by atoms with van der Waals surface area (Å²) in [5, 5.41) is 2.96. The minimum Gasteiger partial charge on any atom is -0.340 e. The summed E-state index contributed by atoms with van der Waals surface area (Å²) in [7, 11) is -2.90. The highest BCUT2D eigenvalue weighted by Crippen LogP contribution is 2.33. The van der Waals surface area contributed by atoms with Gasteiger partial charge in [0, 0.05) is 37.4 Å². The molecule has 0 saturated carbocycles. The van der Waals surface area contributed by atoms with Crippen molar-refractivity contribution in [2.45, 2.75) is 45.3 Å². The maximum Gasteiger partial charge on any atom is 0.255 e. The molecule has 0 spiro atoms. The van der Waals surface area contributed by atoms with E-state index in [1.54, 1.807) is 0 Å². The molecule has 0 aliphatic carbocycles. The number of hydrogen-bond donors (Lipinski definition) is 3. The zero-order valence-electron chi connectivity index (χ0n) is 26.9. The maximum absolute atomic E-state index is 13.0. The van der Waals surface area contributed by atoms with Gasteiger partial charge in [0.2, 0.25) is 5.91 Å². The quantitative estimate of drug-likeness (QED) is 0.234. The summed E-state index contributed by atoms with van der Waals surface area (Å²) in [5.74, 6) is 1.06. The maximum atomic E-state index is 13.0. The number of anilines is 1. The second-order valence-electron chi connectivity index (χ2n) is 12.9. The first-order valence-electron chi connectivity index (χ1n) is 16.2. The Balaban J connectivity index is 1.04. The van der Waals surface area contributed by atoms with Crippen molar-refractivity contribution in [3.63, 3.8) is 0 Å². The Morgan fingerprint density at radius 2 is 1.53 bits per heavy atom. The fraction of sp³-hybridized carbons (Fsp3) is 0.361. The Hall–Kier alpha value is -4.32. The standard InChI is InChI=1S/C36H42N6O4S/c1-24(2)33(37)36(44)42-17-3-4-32(42)34-38-22-31(40-34)28-11-7-26(8-12-28)27-9-13-29(14-10-27)35(43)39-30-15-5-25(6-16-30)23-41-18-20-47(45,46)21-19-41/h5-16,22,24,32-33H,3-4,17-21,23,37H2,1-2H3,(H,38,40)(H,39,43)/t32-,33-/m0/s1. The second-order valence-corrected chi connectivity index (χ2v) is 15.2. The van der Waals surface area contributed by atoms with Crippen molar-refractivity contribution < 1.29 is 18.0 Å². The van der Waals surface area contributed by atoms with Crippen molar-refractivity contribution in [2.75, 3.05) is 36.5 Å². The summed E-state index contributed by atoms with van der Waals surface area (Å²) < 4.78 is 23.3. The number of hydrogen-bond acceptors (Lipinski definition) is 7. The first kappa shape index (κ1) is 32.6. The van der Waals surface area contributed by atoms with Crippen LogP contribution in [0.4, 0.5) is 5.69 Å². The summed E-state index contributed by atoms with van der Waals surface area (Å²) >= 11 is 0. The van der Waals surface area contributed by atoms with Crippen LogP contribution < -0.4 is 11.1 Å². The van der Waals surface area contributed by atoms with Gasteiger partial charge in [0.15, 0.2) is 9.84 Å². The van der Waals surface area contributed by atoms with Gasteiger partial charge in [-0.05, 0) is 65.3 Å². The van der Waals surface area contributed by atoms with E-state index in [0.717, 1.165) is 46.6 Å². The Morgan fingerprint density at radius 3 is 2.17 bits per heavy atom. The molecule has 47 heavy (non-hydrogen) atoms. The molecule has 0 unspecified atom stereocenters. The average Bonchev–Trinajstić information content (AvgIpc) is 3.77. The van der Waals surface area contributed by atoms with E-state index in [1.165, 1.54) is 0 Å². The molecule has 6 rings (SSSR count). The number of nitrogens with two attached hydrogens (primary N) is 1. The first-order valence-corrected chi connectivity index (χ1v) is 18.0. The fourth-order valence-corrected chi connectivity index (χ4v) is 7.44. The third kappa shape index (κ3) is 7.64. The smallest absolute Gasteiger partial charge is 0.255 e. The molecule has 2 aliphatic rings. The summed E-state index contributed by atoms with van der Waals surface area (Å²) in [5.41, 5.74) is 12.4. The van der Waals surface area contributed by atoms with Crippen LogP contribution in [0.25, 0.3) is 22.4 Å². The Bertz CT molecular complexity index is 1800. The van der Waals surface area contributed by atoms with Crippen LogP contribution in [-0.2, 0) is 21.2 Å². The summed E-state index contributed by atoms with van der Waals surface area (Å²) in [4.78, 5) is 38.0. The van der Waals surface area contributed by atoms with Crippen LogP contribution in [0.1, 0.15) is 54.5 Å². The number of imidazole rings is 1. The molecule has 0 bridgehead atoms. The van der Waals surface area contributed by atoms with Crippen molar-refractivity contribution in [1.29, 1.82) is 0 Å². The molecule has 2 aliphatic heterocycles. The number of benzene rings is 3. The predicted octanol–water partition coefficient (Wildman–Crippen LogP) is 4.87. The van der Waals surface area contributed by atoms with Gasteiger partial charge < -0.3 is 20.9 Å². The van der Waals surface area contributed by atoms with Crippen LogP contribution in [0.15, 0.2) is 79.0 Å². The zero-order chi connectivity index (χ0) is 33.1. The van der Waals surface area contributed by atoms with Gasteiger partial charge >= 0.3 is 0 Å². The number of rotatable bonds is 9. The molecule has 3 aromatic carbocycles. The number of amides is 2. The van der Waals surface area contributed by atoms with Gasteiger partial charge in [0.05, 0.1) is 35.5 Å². The molecule has 2 saturated heterocycles. The van der Waals surface area contributed by atoms with E-state index < -0.39 is 15.9 Å². The minimum atomic E-state index is -2.90. The van der Waals surface area contributed by atoms with Crippen molar-refractivity contribution in [2.24, 2.45) is 11.7 Å². The van der Waals surface area contributed by atoms with E-state index >= 15 is 0 Å². The lowest BCUT2D eigenvalue weighted by Gasteiger charge is -2.27. The molecule has 2 fully saturated rings. The molecule has 2 amide bonds. The largest absolute Gasteiger partial charge is 0.340 e. The van der Waals surface area contributed by atoms with Crippen LogP contribution in [-0.4, -0.2) is 77.2 Å². The molecule has 2 atom stereocenters. The monoisotopic (exact) mass is 654 g/mol. The molecule has 4 aromatic rings. The summed E-state index contributed by atoms with van der Waals surface area (Å²) in [6, 6.07) is 22.7. The highest BCUT2D eigenvalue weighted by molar-refractivity contribution is 7.91.